The van der Waals surface area contributed by atoms with Gasteiger partial charge < -0.3 is 10.1 Å². The van der Waals surface area contributed by atoms with Crippen molar-refractivity contribution in [1.29, 1.82) is 0 Å². The number of fused-ring (bicyclic) bond motifs is 1. The number of para-hydroxylation sites is 1. The molecule has 0 amide bonds. The maximum atomic E-state index is 5.72. The largest absolute Gasteiger partial charge is 0.493 e. The first-order valence-electron chi connectivity index (χ1n) is 6.61. The number of hydrogen-bond acceptors (Lipinski definition) is 2. The fraction of sp³-hybridized carbons (Fsp3) is 0.600. The third kappa shape index (κ3) is 2.81. The molecule has 17 heavy (non-hydrogen) atoms. The molecule has 2 rings (SSSR count). The first-order chi connectivity index (χ1) is 8.22. The molecule has 0 aliphatic carbocycles. The highest BCUT2D eigenvalue weighted by Gasteiger charge is 2.24. The van der Waals surface area contributed by atoms with E-state index >= 15 is 0 Å². The first kappa shape index (κ1) is 12.4. The third-order valence-electron chi connectivity index (χ3n) is 3.80. The number of nitrogens with one attached hydrogen (secondary N) is 1. The van der Waals surface area contributed by atoms with Gasteiger partial charge in [0.2, 0.25) is 0 Å². The quantitative estimate of drug-likeness (QED) is 0.843. The van der Waals surface area contributed by atoms with E-state index in [2.05, 4.69) is 44.4 Å². The monoisotopic (exact) mass is 233 g/mol. The molecule has 2 atom stereocenters. The van der Waals surface area contributed by atoms with E-state index in [4.69, 9.17) is 4.74 Å². The summed E-state index contributed by atoms with van der Waals surface area (Å²) >= 11 is 0. The third-order valence-corrected chi connectivity index (χ3v) is 3.80. The minimum atomic E-state index is 0.584. The van der Waals surface area contributed by atoms with Crippen LogP contribution in [-0.4, -0.2) is 19.7 Å². The molecule has 1 aromatic rings. The molecule has 0 aromatic heterocycles. The molecule has 1 heterocycles. The Kier molecular flexibility index (Phi) is 4.06. The van der Waals surface area contributed by atoms with Crippen molar-refractivity contribution >= 4 is 0 Å². The molecule has 2 unspecified atom stereocenters. The van der Waals surface area contributed by atoms with Crippen molar-refractivity contribution in [3.8, 4) is 5.75 Å². The topological polar surface area (TPSA) is 21.3 Å². The predicted octanol–water partition coefficient (Wildman–Crippen LogP) is 3.19. The molecule has 1 aliphatic heterocycles. The minimum absolute atomic E-state index is 0.584. The molecule has 2 nitrogen and oxygen atoms in total. The Morgan fingerprint density at radius 2 is 2.12 bits per heavy atom. The molecule has 2 heteroatoms. The second-order valence-electron chi connectivity index (χ2n) is 5.26. The van der Waals surface area contributed by atoms with Crippen LogP contribution in [0.15, 0.2) is 24.3 Å². The van der Waals surface area contributed by atoms with Gasteiger partial charge in [-0.3, -0.25) is 0 Å². The lowest BCUT2D eigenvalue weighted by Gasteiger charge is -2.21. The number of hydrogen-bond donors (Lipinski definition) is 1. The van der Waals surface area contributed by atoms with Crippen LogP contribution in [0.25, 0.3) is 0 Å². The summed E-state index contributed by atoms with van der Waals surface area (Å²) in [6.45, 7) is 5.41. The minimum Gasteiger partial charge on any atom is -0.493 e. The van der Waals surface area contributed by atoms with E-state index in [-0.39, 0.29) is 0 Å². The number of rotatable bonds is 5. The molecular weight excluding hydrogens is 210 g/mol. The SMILES string of the molecule is CNC(CCC1COc2ccccc21)C(C)C. The Balaban J connectivity index is 1.93. The van der Waals surface area contributed by atoms with Crippen LogP contribution in [0.5, 0.6) is 5.75 Å². The summed E-state index contributed by atoms with van der Waals surface area (Å²) in [7, 11) is 2.06. The van der Waals surface area contributed by atoms with E-state index < -0.39 is 0 Å². The van der Waals surface area contributed by atoms with Gasteiger partial charge in [-0.1, -0.05) is 32.0 Å². The van der Waals surface area contributed by atoms with Crippen LogP contribution in [0.4, 0.5) is 0 Å². The zero-order valence-electron chi connectivity index (χ0n) is 11.1. The fourth-order valence-electron chi connectivity index (χ4n) is 2.66. The molecule has 1 aromatic carbocycles. The van der Waals surface area contributed by atoms with Gasteiger partial charge in [0.15, 0.2) is 0 Å². The summed E-state index contributed by atoms with van der Waals surface area (Å²) in [4.78, 5) is 0. The van der Waals surface area contributed by atoms with Crippen LogP contribution in [0.2, 0.25) is 0 Å². The van der Waals surface area contributed by atoms with Crippen molar-refractivity contribution in [3.63, 3.8) is 0 Å². The van der Waals surface area contributed by atoms with Crippen molar-refractivity contribution in [2.75, 3.05) is 13.7 Å². The molecule has 0 saturated carbocycles. The summed E-state index contributed by atoms with van der Waals surface area (Å²) in [6.07, 6.45) is 2.43. The van der Waals surface area contributed by atoms with Crippen LogP contribution < -0.4 is 10.1 Å². The second-order valence-corrected chi connectivity index (χ2v) is 5.26. The van der Waals surface area contributed by atoms with Crippen molar-refractivity contribution < 1.29 is 4.74 Å². The lowest BCUT2D eigenvalue weighted by atomic mass is 9.91. The highest BCUT2D eigenvalue weighted by Crippen LogP contribution is 2.36. The van der Waals surface area contributed by atoms with E-state index in [0.29, 0.717) is 17.9 Å². The van der Waals surface area contributed by atoms with Gasteiger partial charge in [0.05, 0.1) is 6.61 Å². The van der Waals surface area contributed by atoms with Gasteiger partial charge in [0.25, 0.3) is 0 Å². The number of benzene rings is 1. The molecule has 0 saturated heterocycles. The lowest BCUT2D eigenvalue weighted by molar-refractivity contribution is 0.309. The Morgan fingerprint density at radius 1 is 1.35 bits per heavy atom. The molecular formula is C15H23NO. The Bertz CT molecular complexity index is 362. The van der Waals surface area contributed by atoms with Crippen LogP contribution in [0.1, 0.15) is 38.2 Å². The van der Waals surface area contributed by atoms with Crippen LogP contribution in [-0.2, 0) is 0 Å². The van der Waals surface area contributed by atoms with Gasteiger partial charge >= 0.3 is 0 Å². The van der Waals surface area contributed by atoms with Crippen molar-refractivity contribution in [2.24, 2.45) is 5.92 Å². The van der Waals surface area contributed by atoms with E-state index in [9.17, 15) is 0 Å². The fourth-order valence-corrected chi connectivity index (χ4v) is 2.66. The standard InChI is InChI=1S/C15H23NO/c1-11(2)14(16-3)9-8-12-10-17-15-7-5-4-6-13(12)15/h4-7,11-12,14,16H,8-10H2,1-3H3. The summed E-state index contributed by atoms with van der Waals surface area (Å²) in [5, 5.41) is 3.41. The van der Waals surface area contributed by atoms with E-state index in [1.54, 1.807) is 0 Å². The van der Waals surface area contributed by atoms with Gasteiger partial charge in [-0.2, -0.15) is 0 Å². The second kappa shape index (κ2) is 5.54. The lowest BCUT2D eigenvalue weighted by Crippen LogP contribution is -2.31. The maximum Gasteiger partial charge on any atom is 0.122 e. The summed E-state index contributed by atoms with van der Waals surface area (Å²) in [5.74, 6) is 2.36. The van der Waals surface area contributed by atoms with Crippen LogP contribution in [0, 0.1) is 5.92 Å². The summed E-state index contributed by atoms with van der Waals surface area (Å²) in [5.41, 5.74) is 1.39. The average molecular weight is 233 g/mol. The highest BCUT2D eigenvalue weighted by atomic mass is 16.5. The zero-order chi connectivity index (χ0) is 12.3. The van der Waals surface area contributed by atoms with E-state index in [0.717, 1.165) is 12.4 Å². The van der Waals surface area contributed by atoms with Gasteiger partial charge in [-0.15, -0.1) is 0 Å². The highest BCUT2D eigenvalue weighted by molar-refractivity contribution is 5.39. The van der Waals surface area contributed by atoms with E-state index in [1.165, 1.54) is 18.4 Å². The van der Waals surface area contributed by atoms with Crippen LogP contribution >= 0.6 is 0 Å². The Labute approximate surface area is 104 Å². The smallest absolute Gasteiger partial charge is 0.122 e. The molecule has 0 fully saturated rings. The van der Waals surface area contributed by atoms with Crippen molar-refractivity contribution in [2.45, 2.75) is 38.6 Å². The Hall–Kier alpha value is -1.02. The molecule has 0 spiro atoms. The van der Waals surface area contributed by atoms with Gasteiger partial charge in [-0.05, 0) is 31.9 Å². The number of ether oxygens (including phenoxy) is 1. The van der Waals surface area contributed by atoms with E-state index in [1.807, 2.05) is 6.07 Å². The normalized spacial score (nSPS) is 20.1. The molecule has 0 bridgehead atoms. The van der Waals surface area contributed by atoms with Gasteiger partial charge in [0.1, 0.15) is 5.75 Å². The average Bonchev–Trinajstić information content (AvgIpc) is 2.73. The summed E-state index contributed by atoms with van der Waals surface area (Å²) in [6, 6.07) is 9.05. The molecule has 1 N–H and O–H groups in total. The van der Waals surface area contributed by atoms with Gasteiger partial charge in [0, 0.05) is 17.5 Å². The molecule has 1 aliphatic rings. The zero-order valence-corrected chi connectivity index (χ0v) is 11.1. The van der Waals surface area contributed by atoms with Crippen LogP contribution in [0.3, 0.4) is 0 Å². The molecule has 94 valence electrons. The Morgan fingerprint density at radius 3 is 2.82 bits per heavy atom. The first-order valence-corrected chi connectivity index (χ1v) is 6.61. The van der Waals surface area contributed by atoms with Gasteiger partial charge in [-0.25, -0.2) is 0 Å². The van der Waals surface area contributed by atoms with Crippen molar-refractivity contribution in [1.82, 2.24) is 5.32 Å². The molecule has 0 radical (unpaired) electrons. The summed E-state index contributed by atoms with van der Waals surface area (Å²) < 4.78 is 5.72. The maximum absolute atomic E-state index is 5.72. The van der Waals surface area contributed by atoms with Crippen molar-refractivity contribution in [3.05, 3.63) is 29.8 Å². The predicted molar refractivity (Wildman–Crippen MR) is 71.6 cm³/mol.